The Morgan fingerprint density at radius 1 is 1.44 bits per heavy atom. The van der Waals surface area contributed by atoms with Crippen LogP contribution in [0.3, 0.4) is 0 Å². The van der Waals surface area contributed by atoms with Crippen LogP contribution in [0.25, 0.3) is 0 Å². The fourth-order valence-electron chi connectivity index (χ4n) is 2.13. The molecular formula is C14H25N3O. The molecule has 4 heteroatoms. The molecule has 102 valence electrons. The Morgan fingerprint density at radius 2 is 2.11 bits per heavy atom. The van der Waals surface area contributed by atoms with Gasteiger partial charge in [-0.25, -0.2) is 0 Å². The van der Waals surface area contributed by atoms with Gasteiger partial charge in [0.1, 0.15) is 5.69 Å². The molecule has 0 aliphatic carbocycles. The van der Waals surface area contributed by atoms with E-state index in [9.17, 15) is 4.79 Å². The molecule has 0 aliphatic rings. The van der Waals surface area contributed by atoms with E-state index < -0.39 is 0 Å². The standard InChI is InChI=1S/C14H25N3O/c1-5-7-11(3)16(4)14(18)13-9-12(15)10-17(13)8-6-2/h9-11H,5-8,15H2,1-4H3. The third-order valence-electron chi connectivity index (χ3n) is 3.29. The van der Waals surface area contributed by atoms with Gasteiger partial charge in [0.05, 0.1) is 5.69 Å². The zero-order valence-corrected chi connectivity index (χ0v) is 11.9. The molecule has 1 aromatic heterocycles. The first-order valence-electron chi connectivity index (χ1n) is 6.74. The smallest absolute Gasteiger partial charge is 0.270 e. The zero-order chi connectivity index (χ0) is 13.7. The molecule has 4 nitrogen and oxygen atoms in total. The van der Waals surface area contributed by atoms with Gasteiger partial charge < -0.3 is 15.2 Å². The summed E-state index contributed by atoms with van der Waals surface area (Å²) in [7, 11) is 1.86. The lowest BCUT2D eigenvalue weighted by atomic mass is 10.1. The minimum atomic E-state index is 0.0566. The van der Waals surface area contributed by atoms with E-state index in [0.29, 0.717) is 11.4 Å². The topological polar surface area (TPSA) is 51.3 Å². The monoisotopic (exact) mass is 251 g/mol. The first-order chi connectivity index (χ1) is 8.51. The molecule has 18 heavy (non-hydrogen) atoms. The molecule has 1 heterocycles. The number of nitrogen functional groups attached to an aromatic ring is 1. The van der Waals surface area contributed by atoms with Gasteiger partial charge in [-0.15, -0.1) is 0 Å². The third kappa shape index (κ3) is 3.28. The molecule has 0 radical (unpaired) electrons. The molecule has 0 fully saturated rings. The molecule has 0 spiro atoms. The van der Waals surface area contributed by atoms with Crippen molar-refractivity contribution in [1.29, 1.82) is 0 Å². The summed E-state index contributed by atoms with van der Waals surface area (Å²) in [6.07, 6.45) is 4.93. The number of anilines is 1. The van der Waals surface area contributed by atoms with E-state index in [1.807, 2.05) is 22.7 Å². The number of amides is 1. The van der Waals surface area contributed by atoms with Crippen LogP contribution in [0.2, 0.25) is 0 Å². The Hall–Kier alpha value is -1.45. The summed E-state index contributed by atoms with van der Waals surface area (Å²) >= 11 is 0. The second-order valence-corrected chi connectivity index (χ2v) is 4.91. The number of carbonyl (C=O) groups excluding carboxylic acids is 1. The Morgan fingerprint density at radius 3 is 2.67 bits per heavy atom. The summed E-state index contributed by atoms with van der Waals surface area (Å²) < 4.78 is 1.95. The van der Waals surface area contributed by atoms with Gasteiger partial charge in [-0.1, -0.05) is 20.3 Å². The fraction of sp³-hybridized carbons (Fsp3) is 0.643. The molecule has 0 saturated carbocycles. The van der Waals surface area contributed by atoms with Crippen LogP contribution < -0.4 is 5.73 Å². The molecule has 1 aromatic rings. The number of hydrogen-bond donors (Lipinski definition) is 1. The summed E-state index contributed by atoms with van der Waals surface area (Å²) in [5.41, 5.74) is 7.14. The SMILES string of the molecule is CCCC(C)N(C)C(=O)c1cc(N)cn1CCC. The maximum absolute atomic E-state index is 12.4. The Bertz CT molecular complexity index is 398. The second-order valence-electron chi connectivity index (χ2n) is 4.91. The summed E-state index contributed by atoms with van der Waals surface area (Å²) in [5.74, 6) is 0.0566. The third-order valence-corrected chi connectivity index (χ3v) is 3.29. The average Bonchev–Trinajstić information content (AvgIpc) is 2.69. The van der Waals surface area contributed by atoms with Gasteiger partial charge in [-0.2, -0.15) is 0 Å². The number of aromatic nitrogens is 1. The number of hydrogen-bond acceptors (Lipinski definition) is 2. The second kappa shape index (κ2) is 6.47. The van der Waals surface area contributed by atoms with Gasteiger partial charge >= 0.3 is 0 Å². The van der Waals surface area contributed by atoms with E-state index in [-0.39, 0.29) is 11.9 Å². The Labute approximate surface area is 110 Å². The number of nitrogens with zero attached hydrogens (tertiary/aromatic N) is 2. The normalized spacial score (nSPS) is 12.4. The van der Waals surface area contributed by atoms with Gasteiger partial charge in [0.15, 0.2) is 0 Å². The summed E-state index contributed by atoms with van der Waals surface area (Å²) in [6.45, 7) is 7.13. The van der Waals surface area contributed by atoms with Crippen LogP contribution in [0.4, 0.5) is 5.69 Å². The van der Waals surface area contributed by atoms with Gasteiger partial charge in [-0.3, -0.25) is 4.79 Å². The van der Waals surface area contributed by atoms with Crippen LogP contribution in [0.15, 0.2) is 12.3 Å². The molecule has 0 saturated heterocycles. The van der Waals surface area contributed by atoms with Crippen molar-refractivity contribution in [3.8, 4) is 0 Å². The van der Waals surface area contributed by atoms with E-state index in [1.165, 1.54) is 0 Å². The highest BCUT2D eigenvalue weighted by molar-refractivity contribution is 5.93. The molecule has 1 unspecified atom stereocenters. The van der Waals surface area contributed by atoms with Crippen molar-refractivity contribution >= 4 is 11.6 Å². The molecule has 1 amide bonds. The number of nitrogens with two attached hydrogens (primary N) is 1. The van der Waals surface area contributed by atoms with Crippen molar-refractivity contribution in [3.63, 3.8) is 0 Å². The largest absolute Gasteiger partial charge is 0.397 e. The first kappa shape index (κ1) is 14.6. The summed E-state index contributed by atoms with van der Waals surface area (Å²) in [4.78, 5) is 14.2. The number of aryl methyl sites for hydroxylation is 1. The lowest BCUT2D eigenvalue weighted by Gasteiger charge is -2.25. The van der Waals surface area contributed by atoms with Crippen molar-refractivity contribution in [2.45, 2.75) is 52.6 Å². The van der Waals surface area contributed by atoms with Crippen molar-refractivity contribution < 1.29 is 4.79 Å². The fourth-order valence-corrected chi connectivity index (χ4v) is 2.13. The first-order valence-corrected chi connectivity index (χ1v) is 6.74. The van der Waals surface area contributed by atoms with Crippen LogP contribution in [-0.2, 0) is 6.54 Å². The molecule has 2 N–H and O–H groups in total. The minimum Gasteiger partial charge on any atom is -0.397 e. The van der Waals surface area contributed by atoms with E-state index in [0.717, 1.165) is 25.8 Å². The lowest BCUT2D eigenvalue weighted by molar-refractivity contribution is 0.0725. The van der Waals surface area contributed by atoms with Crippen LogP contribution in [0.1, 0.15) is 50.5 Å². The Balaban J connectivity index is 2.88. The Kier molecular flexibility index (Phi) is 5.25. The van der Waals surface area contributed by atoms with Gasteiger partial charge in [-0.05, 0) is 25.8 Å². The van der Waals surface area contributed by atoms with Gasteiger partial charge in [0.25, 0.3) is 5.91 Å². The molecular weight excluding hydrogens is 226 g/mol. The molecule has 0 aliphatic heterocycles. The highest BCUT2D eigenvalue weighted by Crippen LogP contribution is 2.15. The van der Waals surface area contributed by atoms with Crippen molar-refractivity contribution in [1.82, 2.24) is 9.47 Å². The molecule has 0 bridgehead atoms. The lowest BCUT2D eigenvalue weighted by Crippen LogP contribution is -2.36. The van der Waals surface area contributed by atoms with Crippen molar-refractivity contribution in [3.05, 3.63) is 18.0 Å². The predicted octanol–water partition coefficient (Wildman–Crippen LogP) is 2.74. The van der Waals surface area contributed by atoms with E-state index in [1.54, 1.807) is 6.07 Å². The van der Waals surface area contributed by atoms with E-state index in [4.69, 9.17) is 5.73 Å². The van der Waals surface area contributed by atoms with Crippen LogP contribution in [0.5, 0.6) is 0 Å². The predicted molar refractivity (Wildman–Crippen MR) is 75.6 cm³/mol. The van der Waals surface area contributed by atoms with Gasteiger partial charge in [0, 0.05) is 25.8 Å². The quantitative estimate of drug-likeness (QED) is 0.845. The summed E-state index contributed by atoms with van der Waals surface area (Å²) in [5, 5.41) is 0. The zero-order valence-electron chi connectivity index (χ0n) is 11.9. The van der Waals surface area contributed by atoms with E-state index in [2.05, 4.69) is 20.8 Å². The maximum Gasteiger partial charge on any atom is 0.270 e. The van der Waals surface area contributed by atoms with Crippen molar-refractivity contribution in [2.24, 2.45) is 0 Å². The van der Waals surface area contributed by atoms with Crippen LogP contribution in [-0.4, -0.2) is 28.5 Å². The maximum atomic E-state index is 12.4. The minimum absolute atomic E-state index is 0.0566. The van der Waals surface area contributed by atoms with Crippen molar-refractivity contribution in [2.75, 3.05) is 12.8 Å². The number of rotatable bonds is 6. The molecule has 1 atom stereocenters. The molecule has 0 aromatic carbocycles. The van der Waals surface area contributed by atoms with Crippen LogP contribution >= 0.6 is 0 Å². The van der Waals surface area contributed by atoms with Crippen LogP contribution in [0, 0.1) is 0 Å². The highest BCUT2D eigenvalue weighted by Gasteiger charge is 2.20. The molecule has 1 rings (SSSR count). The highest BCUT2D eigenvalue weighted by atomic mass is 16.2. The number of carbonyl (C=O) groups is 1. The van der Waals surface area contributed by atoms with Gasteiger partial charge in [0.2, 0.25) is 0 Å². The van der Waals surface area contributed by atoms with E-state index >= 15 is 0 Å². The average molecular weight is 251 g/mol. The summed E-state index contributed by atoms with van der Waals surface area (Å²) in [6, 6.07) is 2.03.